The van der Waals surface area contributed by atoms with Gasteiger partial charge >= 0.3 is 0 Å². The lowest BCUT2D eigenvalue weighted by atomic mass is 10.1. The van der Waals surface area contributed by atoms with Crippen molar-refractivity contribution < 1.29 is 4.74 Å². The van der Waals surface area contributed by atoms with Gasteiger partial charge in [-0.25, -0.2) is 4.98 Å². The monoisotopic (exact) mass is 355 g/mol. The highest BCUT2D eigenvalue weighted by Crippen LogP contribution is 2.24. The number of ether oxygens (including phenoxy) is 1. The number of benzene rings is 2. The second-order valence-corrected chi connectivity index (χ2v) is 7.14. The van der Waals surface area contributed by atoms with Crippen molar-refractivity contribution in [2.24, 2.45) is 0 Å². The van der Waals surface area contributed by atoms with E-state index < -0.39 is 0 Å². The molecule has 4 rings (SSSR count). The smallest absolute Gasteiger partial charge is 0.138 e. The lowest BCUT2D eigenvalue weighted by Crippen LogP contribution is -2.36. The molecule has 1 aliphatic heterocycles. The molecule has 0 atom stereocenters. The van der Waals surface area contributed by atoms with Crippen LogP contribution in [0.1, 0.15) is 18.4 Å². The summed E-state index contributed by atoms with van der Waals surface area (Å²) in [6.07, 6.45) is 2.24. The van der Waals surface area contributed by atoms with Gasteiger partial charge in [-0.2, -0.15) is 0 Å². The molecule has 0 amide bonds. The first-order valence-corrected chi connectivity index (χ1v) is 9.09. The van der Waals surface area contributed by atoms with Crippen molar-refractivity contribution in [1.82, 2.24) is 14.9 Å². The summed E-state index contributed by atoms with van der Waals surface area (Å²) in [7, 11) is 2.20. The molecule has 5 heteroatoms. The Kier molecular flexibility index (Phi) is 4.75. The number of nitrogens with zero attached hydrogens (tertiary/aromatic N) is 2. The summed E-state index contributed by atoms with van der Waals surface area (Å²) >= 11 is 6.05. The van der Waals surface area contributed by atoms with Gasteiger partial charge in [-0.3, -0.25) is 4.90 Å². The molecule has 3 aromatic rings. The SMILES string of the molecule is CN(Cc1ccc(-c2nc3ccc(Cl)cc3[nH]2)cc1)C1CCOCC1. The van der Waals surface area contributed by atoms with Gasteiger partial charge < -0.3 is 9.72 Å². The van der Waals surface area contributed by atoms with E-state index in [2.05, 4.69) is 46.2 Å². The van der Waals surface area contributed by atoms with E-state index >= 15 is 0 Å². The zero-order valence-corrected chi connectivity index (χ0v) is 15.1. The zero-order chi connectivity index (χ0) is 17.2. The number of halogens is 1. The number of rotatable bonds is 4. The van der Waals surface area contributed by atoms with Crippen molar-refractivity contribution in [3.8, 4) is 11.4 Å². The minimum atomic E-state index is 0.619. The summed E-state index contributed by atoms with van der Waals surface area (Å²) < 4.78 is 5.45. The Hall–Kier alpha value is -1.88. The van der Waals surface area contributed by atoms with Crippen LogP contribution in [-0.2, 0) is 11.3 Å². The number of H-pyrrole nitrogens is 1. The Balaban J connectivity index is 1.48. The molecule has 1 N–H and O–H groups in total. The van der Waals surface area contributed by atoms with Gasteiger partial charge in [0.05, 0.1) is 11.0 Å². The van der Waals surface area contributed by atoms with Crippen LogP contribution in [0.15, 0.2) is 42.5 Å². The van der Waals surface area contributed by atoms with Gasteiger partial charge in [-0.05, 0) is 43.7 Å². The van der Waals surface area contributed by atoms with Crippen molar-refractivity contribution in [1.29, 1.82) is 0 Å². The standard InChI is InChI=1S/C20H22ClN3O/c1-24(17-8-10-25-11-9-17)13-14-2-4-15(5-3-14)20-22-18-7-6-16(21)12-19(18)23-20/h2-7,12,17H,8-11,13H2,1H3,(H,22,23). The lowest BCUT2D eigenvalue weighted by molar-refractivity contribution is 0.0407. The van der Waals surface area contributed by atoms with Crippen LogP contribution >= 0.6 is 11.6 Å². The third-order valence-corrected chi connectivity index (χ3v) is 5.15. The molecule has 0 radical (unpaired) electrons. The van der Waals surface area contributed by atoms with E-state index in [0.717, 1.165) is 55.0 Å². The molecule has 25 heavy (non-hydrogen) atoms. The van der Waals surface area contributed by atoms with E-state index in [0.29, 0.717) is 11.1 Å². The average Bonchev–Trinajstić information content (AvgIpc) is 3.06. The minimum Gasteiger partial charge on any atom is -0.381 e. The number of aromatic amines is 1. The van der Waals surface area contributed by atoms with Crippen LogP contribution in [-0.4, -0.2) is 41.2 Å². The summed E-state index contributed by atoms with van der Waals surface area (Å²) in [6, 6.07) is 15.0. The molecular formula is C20H22ClN3O. The fourth-order valence-electron chi connectivity index (χ4n) is 3.43. The fourth-order valence-corrected chi connectivity index (χ4v) is 3.60. The molecule has 0 saturated carbocycles. The topological polar surface area (TPSA) is 41.2 Å². The number of hydrogen-bond donors (Lipinski definition) is 1. The van der Waals surface area contributed by atoms with E-state index in [1.165, 1.54) is 5.56 Å². The van der Waals surface area contributed by atoms with E-state index in [4.69, 9.17) is 16.3 Å². The van der Waals surface area contributed by atoms with Gasteiger partial charge in [0.15, 0.2) is 0 Å². The highest BCUT2D eigenvalue weighted by Gasteiger charge is 2.18. The number of imidazole rings is 1. The lowest BCUT2D eigenvalue weighted by Gasteiger charge is -2.31. The number of hydrogen-bond acceptors (Lipinski definition) is 3. The van der Waals surface area contributed by atoms with Crippen molar-refractivity contribution in [2.75, 3.05) is 20.3 Å². The Morgan fingerprint density at radius 1 is 1.16 bits per heavy atom. The Labute approximate surface area is 152 Å². The van der Waals surface area contributed by atoms with E-state index in [1.54, 1.807) is 0 Å². The number of nitrogens with one attached hydrogen (secondary N) is 1. The maximum atomic E-state index is 6.05. The molecule has 0 aliphatic carbocycles. The summed E-state index contributed by atoms with van der Waals surface area (Å²) in [4.78, 5) is 10.4. The molecule has 0 bridgehead atoms. The Morgan fingerprint density at radius 3 is 2.68 bits per heavy atom. The third kappa shape index (κ3) is 3.71. The molecule has 0 spiro atoms. The van der Waals surface area contributed by atoms with Gasteiger partial charge in [0, 0.05) is 36.4 Å². The van der Waals surface area contributed by atoms with Crippen LogP contribution in [0.2, 0.25) is 5.02 Å². The summed E-state index contributed by atoms with van der Waals surface area (Å²) in [6.45, 7) is 2.72. The highest BCUT2D eigenvalue weighted by molar-refractivity contribution is 6.31. The fraction of sp³-hybridized carbons (Fsp3) is 0.350. The molecule has 2 aromatic carbocycles. The normalized spacial score (nSPS) is 16.0. The van der Waals surface area contributed by atoms with Crippen molar-refractivity contribution >= 4 is 22.6 Å². The van der Waals surface area contributed by atoms with Gasteiger partial charge in [0.2, 0.25) is 0 Å². The molecule has 0 unspecified atom stereocenters. The van der Waals surface area contributed by atoms with Gasteiger partial charge in [-0.1, -0.05) is 35.9 Å². The van der Waals surface area contributed by atoms with Crippen LogP contribution in [0, 0.1) is 0 Å². The molecule has 130 valence electrons. The molecular weight excluding hydrogens is 334 g/mol. The first kappa shape index (κ1) is 16.6. The third-order valence-electron chi connectivity index (χ3n) is 4.92. The molecule has 1 aromatic heterocycles. The summed E-state index contributed by atoms with van der Waals surface area (Å²) in [5.74, 6) is 0.876. The first-order chi connectivity index (χ1) is 12.2. The van der Waals surface area contributed by atoms with E-state index in [9.17, 15) is 0 Å². The Bertz CT molecular complexity index is 853. The molecule has 1 fully saturated rings. The predicted octanol–water partition coefficient (Wildman–Crippen LogP) is 4.49. The van der Waals surface area contributed by atoms with Crippen LogP contribution in [0.25, 0.3) is 22.4 Å². The summed E-state index contributed by atoms with van der Waals surface area (Å²) in [5, 5.41) is 0.717. The quantitative estimate of drug-likeness (QED) is 0.749. The van der Waals surface area contributed by atoms with Crippen LogP contribution in [0.5, 0.6) is 0 Å². The second-order valence-electron chi connectivity index (χ2n) is 6.70. The van der Waals surface area contributed by atoms with E-state index in [1.807, 2.05) is 18.2 Å². The second kappa shape index (κ2) is 7.16. The molecule has 1 aliphatic rings. The van der Waals surface area contributed by atoms with Gasteiger partial charge in [0.1, 0.15) is 5.82 Å². The largest absolute Gasteiger partial charge is 0.381 e. The average molecular weight is 356 g/mol. The minimum absolute atomic E-state index is 0.619. The molecule has 4 nitrogen and oxygen atoms in total. The van der Waals surface area contributed by atoms with Gasteiger partial charge in [0.25, 0.3) is 0 Å². The molecule has 2 heterocycles. The van der Waals surface area contributed by atoms with Crippen LogP contribution < -0.4 is 0 Å². The highest BCUT2D eigenvalue weighted by atomic mass is 35.5. The Morgan fingerprint density at radius 2 is 1.92 bits per heavy atom. The van der Waals surface area contributed by atoms with E-state index in [-0.39, 0.29) is 0 Å². The van der Waals surface area contributed by atoms with Crippen LogP contribution in [0.3, 0.4) is 0 Å². The number of aromatic nitrogens is 2. The van der Waals surface area contributed by atoms with Crippen LogP contribution in [0.4, 0.5) is 0 Å². The van der Waals surface area contributed by atoms with Crippen molar-refractivity contribution in [2.45, 2.75) is 25.4 Å². The van der Waals surface area contributed by atoms with Crippen molar-refractivity contribution in [3.63, 3.8) is 0 Å². The first-order valence-electron chi connectivity index (χ1n) is 8.71. The predicted molar refractivity (Wildman–Crippen MR) is 102 cm³/mol. The number of fused-ring (bicyclic) bond motifs is 1. The van der Waals surface area contributed by atoms with Gasteiger partial charge in [-0.15, -0.1) is 0 Å². The summed E-state index contributed by atoms with van der Waals surface area (Å²) in [5.41, 5.74) is 4.30. The molecule has 1 saturated heterocycles. The maximum absolute atomic E-state index is 6.05. The van der Waals surface area contributed by atoms with Crippen molar-refractivity contribution in [3.05, 3.63) is 53.1 Å². The maximum Gasteiger partial charge on any atom is 0.138 e. The zero-order valence-electron chi connectivity index (χ0n) is 14.3.